The summed E-state index contributed by atoms with van der Waals surface area (Å²) < 4.78 is 0. The van der Waals surface area contributed by atoms with Crippen LogP contribution in [0, 0.1) is 5.41 Å². The van der Waals surface area contributed by atoms with Gasteiger partial charge >= 0.3 is 0 Å². The lowest BCUT2D eigenvalue weighted by molar-refractivity contribution is 0.150. The molecule has 0 radical (unpaired) electrons. The van der Waals surface area contributed by atoms with E-state index >= 15 is 0 Å². The van der Waals surface area contributed by atoms with Crippen LogP contribution in [-0.2, 0) is 0 Å². The molecule has 106 valence electrons. The van der Waals surface area contributed by atoms with Crippen LogP contribution in [-0.4, -0.2) is 12.0 Å². The molecular weight excluding hydrogens is 244 g/mol. The van der Waals surface area contributed by atoms with E-state index in [2.05, 4.69) is 48.5 Å². The number of nitrogens with one attached hydrogen (secondary N) is 1. The van der Waals surface area contributed by atoms with E-state index in [-0.39, 0.29) is 0 Å². The second kappa shape index (κ2) is 5.53. The first kappa shape index (κ1) is 13.6. The Hall–Kier alpha value is -1.41. The second-order valence-electron chi connectivity index (χ2n) is 6.39. The van der Waals surface area contributed by atoms with Crippen molar-refractivity contribution in [2.45, 2.75) is 45.1 Å². The standard InChI is InChI=1S/C18H24N2/c1-18(10-4-3-5-11-18)17(19-2)15-9-8-14-7-6-12-20-16(14)13-15/h6-9,12-13,17,19H,3-5,10-11H2,1-2H3. The van der Waals surface area contributed by atoms with Crippen molar-refractivity contribution in [3.63, 3.8) is 0 Å². The van der Waals surface area contributed by atoms with Crippen molar-refractivity contribution >= 4 is 10.9 Å². The number of pyridine rings is 1. The van der Waals surface area contributed by atoms with Crippen LogP contribution in [0.25, 0.3) is 10.9 Å². The average Bonchev–Trinajstić information content (AvgIpc) is 2.48. The molecule has 0 bridgehead atoms. The summed E-state index contributed by atoms with van der Waals surface area (Å²) in [6, 6.07) is 11.3. The van der Waals surface area contributed by atoms with Gasteiger partial charge in [-0.25, -0.2) is 0 Å². The molecule has 0 saturated heterocycles. The molecule has 1 aromatic carbocycles. The number of hydrogen-bond acceptors (Lipinski definition) is 2. The molecule has 2 aromatic rings. The lowest BCUT2D eigenvalue weighted by Gasteiger charge is -2.41. The molecule has 1 fully saturated rings. The van der Waals surface area contributed by atoms with Gasteiger partial charge in [-0.2, -0.15) is 0 Å². The molecular formula is C18H24N2. The molecule has 0 amide bonds. The fourth-order valence-electron chi connectivity index (χ4n) is 3.83. The Kier molecular flexibility index (Phi) is 3.75. The zero-order chi connectivity index (χ0) is 14.0. The lowest BCUT2D eigenvalue weighted by atomic mass is 9.68. The van der Waals surface area contributed by atoms with Crippen LogP contribution in [0.5, 0.6) is 0 Å². The largest absolute Gasteiger partial charge is 0.313 e. The Labute approximate surface area is 121 Å². The van der Waals surface area contributed by atoms with Crippen molar-refractivity contribution in [3.05, 3.63) is 42.1 Å². The Balaban J connectivity index is 1.98. The zero-order valence-corrected chi connectivity index (χ0v) is 12.5. The van der Waals surface area contributed by atoms with Crippen molar-refractivity contribution in [2.24, 2.45) is 5.41 Å². The predicted octanol–water partition coefficient (Wildman–Crippen LogP) is 4.47. The summed E-state index contributed by atoms with van der Waals surface area (Å²) in [5.41, 5.74) is 2.85. The van der Waals surface area contributed by atoms with Crippen molar-refractivity contribution in [3.8, 4) is 0 Å². The number of rotatable bonds is 3. The SMILES string of the molecule is CNC(c1ccc2cccnc2c1)C1(C)CCCCC1. The van der Waals surface area contributed by atoms with Crippen molar-refractivity contribution in [1.29, 1.82) is 0 Å². The Morgan fingerprint density at radius 3 is 2.70 bits per heavy atom. The highest BCUT2D eigenvalue weighted by Crippen LogP contribution is 2.45. The maximum atomic E-state index is 4.50. The number of hydrogen-bond donors (Lipinski definition) is 1. The highest BCUT2D eigenvalue weighted by molar-refractivity contribution is 5.79. The average molecular weight is 268 g/mol. The first-order valence-electron chi connectivity index (χ1n) is 7.75. The minimum absolute atomic E-state index is 0.370. The van der Waals surface area contributed by atoms with Crippen LogP contribution in [0.2, 0.25) is 0 Å². The van der Waals surface area contributed by atoms with E-state index in [9.17, 15) is 0 Å². The monoisotopic (exact) mass is 268 g/mol. The number of nitrogens with zero attached hydrogens (tertiary/aromatic N) is 1. The Bertz CT molecular complexity index is 585. The van der Waals surface area contributed by atoms with Crippen molar-refractivity contribution in [1.82, 2.24) is 10.3 Å². The highest BCUT2D eigenvalue weighted by atomic mass is 14.9. The molecule has 1 atom stereocenters. The minimum Gasteiger partial charge on any atom is -0.313 e. The van der Waals surface area contributed by atoms with Gasteiger partial charge in [0.1, 0.15) is 0 Å². The molecule has 1 heterocycles. The summed E-state index contributed by atoms with van der Waals surface area (Å²) >= 11 is 0. The number of benzene rings is 1. The van der Waals surface area contributed by atoms with Gasteiger partial charge in [0.25, 0.3) is 0 Å². The fourth-order valence-corrected chi connectivity index (χ4v) is 3.83. The van der Waals surface area contributed by atoms with Gasteiger partial charge in [-0.1, -0.05) is 44.4 Å². The smallest absolute Gasteiger partial charge is 0.0705 e. The summed E-state index contributed by atoms with van der Waals surface area (Å²) in [6.45, 7) is 2.44. The Morgan fingerprint density at radius 2 is 1.95 bits per heavy atom. The van der Waals surface area contributed by atoms with E-state index in [0.29, 0.717) is 11.5 Å². The summed E-state index contributed by atoms with van der Waals surface area (Å²) in [4.78, 5) is 4.50. The molecule has 1 aromatic heterocycles. The summed E-state index contributed by atoms with van der Waals surface area (Å²) in [7, 11) is 2.09. The molecule has 20 heavy (non-hydrogen) atoms. The third kappa shape index (κ3) is 2.45. The van der Waals surface area contributed by atoms with Gasteiger partial charge in [-0.3, -0.25) is 4.98 Å². The van der Waals surface area contributed by atoms with Crippen molar-refractivity contribution < 1.29 is 0 Å². The molecule has 1 aliphatic carbocycles. The van der Waals surface area contributed by atoms with Gasteiger partial charge in [-0.15, -0.1) is 0 Å². The van der Waals surface area contributed by atoms with Gasteiger partial charge in [0, 0.05) is 17.6 Å². The molecule has 1 N–H and O–H groups in total. The maximum Gasteiger partial charge on any atom is 0.0705 e. The van der Waals surface area contributed by atoms with Crippen molar-refractivity contribution in [2.75, 3.05) is 7.05 Å². The quantitative estimate of drug-likeness (QED) is 0.888. The van der Waals surface area contributed by atoms with Gasteiger partial charge < -0.3 is 5.32 Å². The third-order valence-electron chi connectivity index (χ3n) is 4.94. The number of aromatic nitrogens is 1. The molecule has 1 saturated carbocycles. The topological polar surface area (TPSA) is 24.9 Å². The van der Waals surface area contributed by atoms with E-state index in [4.69, 9.17) is 0 Å². The molecule has 0 spiro atoms. The van der Waals surface area contributed by atoms with Crippen LogP contribution >= 0.6 is 0 Å². The third-order valence-corrected chi connectivity index (χ3v) is 4.94. The normalized spacial score (nSPS) is 19.9. The van der Waals surface area contributed by atoms with E-state index in [0.717, 1.165) is 5.52 Å². The molecule has 1 unspecified atom stereocenters. The molecule has 0 aliphatic heterocycles. The minimum atomic E-state index is 0.370. The molecule has 1 aliphatic rings. The zero-order valence-electron chi connectivity index (χ0n) is 12.5. The molecule has 2 heteroatoms. The van der Waals surface area contributed by atoms with E-state index in [1.165, 1.54) is 43.1 Å². The van der Waals surface area contributed by atoms with Crippen LogP contribution in [0.4, 0.5) is 0 Å². The summed E-state index contributed by atoms with van der Waals surface area (Å²) in [6.07, 6.45) is 8.63. The summed E-state index contributed by atoms with van der Waals surface area (Å²) in [5.74, 6) is 0. The van der Waals surface area contributed by atoms with E-state index in [1.807, 2.05) is 12.3 Å². The molecule has 2 nitrogen and oxygen atoms in total. The van der Waals surface area contributed by atoms with Crippen LogP contribution in [0.15, 0.2) is 36.5 Å². The second-order valence-corrected chi connectivity index (χ2v) is 6.39. The highest BCUT2D eigenvalue weighted by Gasteiger charge is 2.35. The van der Waals surface area contributed by atoms with E-state index < -0.39 is 0 Å². The van der Waals surface area contributed by atoms with Gasteiger partial charge in [0.2, 0.25) is 0 Å². The van der Waals surface area contributed by atoms with Crippen LogP contribution in [0.1, 0.15) is 50.6 Å². The van der Waals surface area contributed by atoms with Crippen LogP contribution in [0.3, 0.4) is 0 Å². The van der Waals surface area contributed by atoms with Gasteiger partial charge in [0.05, 0.1) is 5.52 Å². The maximum absolute atomic E-state index is 4.50. The first-order valence-corrected chi connectivity index (χ1v) is 7.75. The first-order chi connectivity index (χ1) is 9.73. The van der Waals surface area contributed by atoms with E-state index in [1.54, 1.807) is 0 Å². The fraction of sp³-hybridized carbons (Fsp3) is 0.500. The summed E-state index contributed by atoms with van der Waals surface area (Å²) in [5, 5.41) is 4.79. The molecule has 3 rings (SSSR count). The predicted molar refractivity (Wildman–Crippen MR) is 84.7 cm³/mol. The van der Waals surface area contributed by atoms with Gasteiger partial charge in [0.15, 0.2) is 0 Å². The lowest BCUT2D eigenvalue weighted by Crippen LogP contribution is -2.36. The Morgan fingerprint density at radius 1 is 1.15 bits per heavy atom. The number of fused-ring (bicyclic) bond motifs is 1. The van der Waals surface area contributed by atoms with Crippen LogP contribution < -0.4 is 5.32 Å². The van der Waals surface area contributed by atoms with Gasteiger partial charge in [-0.05, 0) is 43.0 Å².